The molecule has 0 amide bonds. The molecule has 6 rings (SSSR count). The van der Waals surface area contributed by atoms with Gasteiger partial charge in [-0.15, -0.1) is 0 Å². The summed E-state index contributed by atoms with van der Waals surface area (Å²) in [6.45, 7) is 21.6. The molecule has 0 N–H and O–H groups in total. The second-order valence-corrected chi connectivity index (χ2v) is 12.2. The summed E-state index contributed by atoms with van der Waals surface area (Å²) in [6, 6.07) is 0. The van der Waals surface area contributed by atoms with Crippen molar-refractivity contribution in [2.45, 2.75) is 105 Å². The molecular weight excluding hydrogens is 299 g/mol. The molecule has 0 radical (unpaired) electrons. The third-order valence-electron chi connectivity index (χ3n) is 11.1. The van der Waals surface area contributed by atoms with Crippen LogP contribution in [-0.4, -0.2) is 6.71 Å². The lowest BCUT2D eigenvalue weighted by atomic mass is 9.18. The standard InChI is InChI=1S/C24H43B/c1-9-14(2)25(21-12-17-10-19(15(21)3)23(17,5)6)22-13-18-11-20(16(22)4)24(18,7)8/h14-22H,9-13H2,1-8H3/t14-,15+,16+,17-,18-,19+,20+,21+,22+/m0/s1. The van der Waals surface area contributed by atoms with Crippen LogP contribution in [0.3, 0.4) is 0 Å². The molecule has 0 aromatic heterocycles. The average molecular weight is 342 g/mol. The second-order valence-electron chi connectivity index (χ2n) is 12.2. The van der Waals surface area contributed by atoms with E-state index in [1.54, 1.807) is 12.8 Å². The molecule has 6 aliphatic carbocycles. The van der Waals surface area contributed by atoms with Crippen LogP contribution in [-0.2, 0) is 0 Å². The Morgan fingerprint density at radius 1 is 0.800 bits per heavy atom. The zero-order valence-electron chi connectivity index (χ0n) is 18.3. The van der Waals surface area contributed by atoms with Crippen LogP contribution in [0.4, 0.5) is 0 Å². The van der Waals surface area contributed by atoms with E-state index in [0.717, 1.165) is 59.7 Å². The predicted octanol–water partition coefficient (Wildman–Crippen LogP) is 7.43. The second kappa shape index (κ2) is 5.78. The summed E-state index contributed by atoms with van der Waals surface area (Å²) < 4.78 is 0. The van der Waals surface area contributed by atoms with Crippen LogP contribution in [0.2, 0.25) is 17.5 Å². The molecule has 6 saturated carbocycles. The summed E-state index contributed by atoms with van der Waals surface area (Å²) in [5, 5.41) is 0. The highest BCUT2D eigenvalue weighted by Crippen LogP contribution is 2.70. The Balaban J connectivity index is 1.58. The van der Waals surface area contributed by atoms with Crippen molar-refractivity contribution in [3.8, 4) is 0 Å². The van der Waals surface area contributed by atoms with Gasteiger partial charge < -0.3 is 0 Å². The molecule has 0 nitrogen and oxygen atoms in total. The van der Waals surface area contributed by atoms with E-state index in [0.29, 0.717) is 10.8 Å². The van der Waals surface area contributed by atoms with Gasteiger partial charge in [0, 0.05) is 0 Å². The van der Waals surface area contributed by atoms with Crippen molar-refractivity contribution in [2.24, 2.45) is 46.3 Å². The lowest BCUT2D eigenvalue weighted by Crippen LogP contribution is -2.60. The first-order valence-electron chi connectivity index (χ1n) is 11.6. The molecule has 142 valence electrons. The third kappa shape index (κ3) is 2.39. The van der Waals surface area contributed by atoms with E-state index in [9.17, 15) is 0 Å². The molecule has 0 aliphatic heterocycles. The van der Waals surface area contributed by atoms with E-state index in [2.05, 4.69) is 55.4 Å². The molecule has 0 aromatic rings. The Bertz CT molecular complexity index is 478. The normalized spacial score (nSPS) is 50.4. The molecule has 25 heavy (non-hydrogen) atoms. The largest absolute Gasteiger partial charge is 0.149 e. The van der Waals surface area contributed by atoms with E-state index in [1.165, 1.54) is 19.3 Å². The number of rotatable bonds is 4. The van der Waals surface area contributed by atoms with E-state index in [4.69, 9.17) is 0 Å². The van der Waals surface area contributed by atoms with Gasteiger partial charge in [-0.05, 0) is 59.2 Å². The fourth-order valence-corrected chi connectivity index (χ4v) is 8.83. The summed E-state index contributed by atoms with van der Waals surface area (Å²) in [6.07, 6.45) is 7.55. The van der Waals surface area contributed by atoms with Crippen LogP contribution in [0, 0.1) is 46.3 Å². The van der Waals surface area contributed by atoms with Gasteiger partial charge in [0.1, 0.15) is 6.71 Å². The Kier molecular flexibility index (Phi) is 4.26. The van der Waals surface area contributed by atoms with Crippen LogP contribution in [0.25, 0.3) is 0 Å². The van der Waals surface area contributed by atoms with E-state index in [1.807, 2.05) is 0 Å². The molecule has 0 heterocycles. The van der Waals surface area contributed by atoms with Gasteiger partial charge in [-0.2, -0.15) is 0 Å². The maximum Gasteiger partial charge on any atom is 0.149 e. The van der Waals surface area contributed by atoms with Crippen molar-refractivity contribution in [3.05, 3.63) is 0 Å². The van der Waals surface area contributed by atoms with Crippen molar-refractivity contribution in [2.75, 3.05) is 0 Å². The van der Waals surface area contributed by atoms with E-state index >= 15 is 0 Å². The Morgan fingerprint density at radius 3 is 1.48 bits per heavy atom. The molecule has 0 saturated heterocycles. The summed E-state index contributed by atoms with van der Waals surface area (Å²) in [5.74, 6) is 8.92. The molecule has 1 heteroatoms. The maximum atomic E-state index is 2.64. The van der Waals surface area contributed by atoms with Crippen LogP contribution in [0.15, 0.2) is 0 Å². The topological polar surface area (TPSA) is 0 Å². The zero-order valence-corrected chi connectivity index (χ0v) is 18.3. The van der Waals surface area contributed by atoms with Crippen LogP contribution in [0.1, 0.15) is 87.5 Å². The predicted molar refractivity (Wildman–Crippen MR) is 111 cm³/mol. The maximum absolute atomic E-state index is 2.64. The SMILES string of the molecule is CC[C@H](C)B([C@@H]1C[C@@H]2C[C@H]([C@H]1C)C2(C)C)[C@@H]1C[C@@H]2C[C@H]([C@H]1C)C2(C)C. The minimum atomic E-state index is 0.637. The van der Waals surface area contributed by atoms with Gasteiger partial charge in [0.15, 0.2) is 0 Å². The highest BCUT2D eigenvalue weighted by Gasteiger charge is 2.62. The van der Waals surface area contributed by atoms with Gasteiger partial charge in [0.25, 0.3) is 0 Å². The van der Waals surface area contributed by atoms with Gasteiger partial charge in [-0.3, -0.25) is 0 Å². The van der Waals surface area contributed by atoms with Gasteiger partial charge >= 0.3 is 0 Å². The fraction of sp³-hybridized carbons (Fsp3) is 1.00. The van der Waals surface area contributed by atoms with Crippen molar-refractivity contribution in [3.63, 3.8) is 0 Å². The van der Waals surface area contributed by atoms with Gasteiger partial charge in [0.05, 0.1) is 0 Å². The molecule has 9 atom stereocenters. The quantitative estimate of drug-likeness (QED) is 0.466. The van der Waals surface area contributed by atoms with Crippen molar-refractivity contribution < 1.29 is 0 Å². The lowest BCUT2D eigenvalue weighted by Gasteiger charge is -2.67. The van der Waals surface area contributed by atoms with Gasteiger partial charge in [-0.1, -0.05) is 92.1 Å². The monoisotopic (exact) mass is 342 g/mol. The molecule has 0 unspecified atom stereocenters. The van der Waals surface area contributed by atoms with Gasteiger partial charge in [0.2, 0.25) is 0 Å². The Hall–Kier alpha value is 0.0649. The zero-order chi connectivity index (χ0) is 18.3. The molecular formula is C24H43B. The van der Waals surface area contributed by atoms with Crippen LogP contribution < -0.4 is 0 Å². The Morgan fingerprint density at radius 2 is 1.20 bits per heavy atom. The minimum Gasteiger partial charge on any atom is -0.0691 e. The summed E-state index contributed by atoms with van der Waals surface area (Å²) in [7, 11) is 0. The molecule has 6 fully saturated rings. The Labute approximate surface area is 158 Å². The summed E-state index contributed by atoms with van der Waals surface area (Å²) in [4.78, 5) is 0. The molecule has 0 spiro atoms. The van der Waals surface area contributed by atoms with Crippen molar-refractivity contribution in [1.29, 1.82) is 0 Å². The van der Waals surface area contributed by atoms with Crippen molar-refractivity contribution in [1.82, 2.24) is 0 Å². The minimum absolute atomic E-state index is 0.637. The molecule has 4 bridgehead atoms. The van der Waals surface area contributed by atoms with Gasteiger partial charge in [-0.25, -0.2) is 0 Å². The van der Waals surface area contributed by atoms with Crippen molar-refractivity contribution >= 4 is 6.71 Å². The molecule has 0 aromatic carbocycles. The lowest BCUT2D eigenvalue weighted by molar-refractivity contribution is -0.108. The first kappa shape index (κ1) is 18.4. The first-order valence-corrected chi connectivity index (χ1v) is 11.6. The molecule has 6 aliphatic rings. The average Bonchev–Trinajstić information content (AvgIpc) is 2.56. The first-order chi connectivity index (χ1) is 11.6. The highest BCUT2D eigenvalue weighted by molar-refractivity contribution is 6.63. The van der Waals surface area contributed by atoms with E-state index in [-0.39, 0.29) is 0 Å². The fourth-order valence-electron chi connectivity index (χ4n) is 8.83. The number of fused-ring (bicyclic) bond motifs is 4. The third-order valence-corrected chi connectivity index (χ3v) is 11.1. The highest BCUT2D eigenvalue weighted by atomic mass is 14.6. The summed E-state index contributed by atoms with van der Waals surface area (Å²) >= 11 is 0. The van der Waals surface area contributed by atoms with Crippen LogP contribution in [0.5, 0.6) is 0 Å². The number of hydrogen-bond acceptors (Lipinski definition) is 0. The van der Waals surface area contributed by atoms with Crippen LogP contribution >= 0.6 is 0 Å². The number of hydrogen-bond donors (Lipinski definition) is 0. The summed E-state index contributed by atoms with van der Waals surface area (Å²) in [5.41, 5.74) is 1.27. The smallest absolute Gasteiger partial charge is 0.0691 e. The van der Waals surface area contributed by atoms with E-state index < -0.39 is 0 Å².